The number of amides is 2. The van der Waals surface area contributed by atoms with Gasteiger partial charge in [-0.25, -0.2) is 4.39 Å². The number of benzene rings is 2. The van der Waals surface area contributed by atoms with E-state index in [9.17, 15) is 14.0 Å². The molecule has 2 amide bonds. The second-order valence-electron chi connectivity index (χ2n) is 7.79. The van der Waals surface area contributed by atoms with Crippen LogP contribution in [0, 0.1) is 5.82 Å². The molecule has 5 heteroatoms. The Morgan fingerprint density at radius 3 is 2.36 bits per heavy atom. The van der Waals surface area contributed by atoms with E-state index in [0.717, 1.165) is 31.2 Å². The van der Waals surface area contributed by atoms with Crippen molar-refractivity contribution in [1.82, 2.24) is 10.2 Å². The summed E-state index contributed by atoms with van der Waals surface area (Å²) < 4.78 is 13.8. The van der Waals surface area contributed by atoms with Crippen molar-refractivity contribution < 1.29 is 14.0 Å². The first-order valence-corrected chi connectivity index (χ1v) is 10.0. The molecule has 0 saturated heterocycles. The predicted octanol–water partition coefficient (Wildman–Crippen LogP) is 3.84. The minimum atomic E-state index is -0.256. The molecular weight excluding hydrogens is 355 g/mol. The van der Waals surface area contributed by atoms with Gasteiger partial charge in [0.1, 0.15) is 5.82 Å². The zero-order valence-corrected chi connectivity index (χ0v) is 15.9. The molecule has 2 saturated carbocycles. The van der Waals surface area contributed by atoms with Crippen LogP contribution in [0.4, 0.5) is 4.39 Å². The molecule has 0 unspecified atom stereocenters. The first kappa shape index (κ1) is 18.7. The number of carbonyl (C=O) groups is 2. The van der Waals surface area contributed by atoms with Crippen molar-refractivity contribution in [2.75, 3.05) is 0 Å². The van der Waals surface area contributed by atoms with E-state index in [0.29, 0.717) is 36.6 Å². The molecule has 28 heavy (non-hydrogen) atoms. The largest absolute Gasteiger partial charge is 0.349 e. The van der Waals surface area contributed by atoms with Gasteiger partial charge in [0.2, 0.25) is 5.91 Å². The Balaban J connectivity index is 1.36. The molecule has 0 aromatic heterocycles. The van der Waals surface area contributed by atoms with Crippen molar-refractivity contribution in [2.24, 2.45) is 0 Å². The topological polar surface area (TPSA) is 49.4 Å². The Kier molecular flexibility index (Phi) is 5.42. The molecule has 2 aliphatic carbocycles. The number of aryl methyl sites for hydroxylation is 1. The molecule has 4 nitrogen and oxygen atoms in total. The third-order valence-electron chi connectivity index (χ3n) is 5.36. The number of nitrogens with one attached hydrogen (secondary N) is 1. The molecule has 0 aliphatic heterocycles. The van der Waals surface area contributed by atoms with Crippen LogP contribution in [0.1, 0.15) is 53.6 Å². The van der Waals surface area contributed by atoms with Crippen molar-refractivity contribution in [1.29, 1.82) is 0 Å². The highest BCUT2D eigenvalue weighted by molar-refractivity contribution is 5.94. The smallest absolute Gasteiger partial charge is 0.251 e. The third-order valence-corrected chi connectivity index (χ3v) is 5.36. The third kappa shape index (κ3) is 4.77. The SMILES string of the molecule is O=C(NC1CC1)c1ccc(CN(C(=O)CCc2ccccc2F)C2CC2)cc1. The van der Waals surface area contributed by atoms with Gasteiger partial charge in [0.25, 0.3) is 5.91 Å². The molecule has 0 spiro atoms. The molecule has 2 aromatic carbocycles. The number of halogens is 1. The fourth-order valence-corrected chi connectivity index (χ4v) is 3.35. The van der Waals surface area contributed by atoms with Crippen LogP contribution in [0.15, 0.2) is 48.5 Å². The van der Waals surface area contributed by atoms with E-state index in [1.54, 1.807) is 18.2 Å². The maximum Gasteiger partial charge on any atom is 0.251 e. The summed E-state index contributed by atoms with van der Waals surface area (Å²) in [5.41, 5.74) is 2.24. The summed E-state index contributed by atoms with van der Waals surface area (Å²) >= 11 is 0. The predicted molar refractivity (Wildman–Crippen MR) is 105 cm³/mol. The fraction of sp³-hybridized carbons (Fsp3) is 0.391. The maximum atomic E-state index is 13.8. The van der Waals surface area contributed by atoms with E-state index in [-0.39, 0.29) is 23.7 Å². The van der Waals surface area contributed by atoms with Gasteiger partial charge in [-0.3, -0.25) is 9.59 Å². The molecule has 2 fully saturated rings. The zero-order valence-electron chi connectivity index (χ0n) is 15.9. The second kappa shape index (κ2) is 8.13. The minimum Gasteiger partial charge on any atom is -0.349 e. The van der Waals surface area contributed by atoms with Crippen LogP contribution in [0.2, 0.25) is 0 Å². The molecule has 0 heterocycles. The van der Waals surface area contributed by atoms with Crippen LogP contribution in [0.5, 0.6) is 0 Å². The highest BCUT2D eigenvalue weighted by Gasteiger charge is 2.32. The number of hydrogen-bond acceptors (Lipinski definition) is 2. The molecule has 2 aliphatic rings. The lowest BCUT2D eigenvalue weighted by molar-refractivity contribution is -0.132. The normalized spacial score (nSPS) is 15.9. The van der Waals surface area contributed by atoms with E-state index < -0.39 is 0 Å². The lowest BCUT2D eigenvalue weighted by Crippen LogP contribution is -2.32. The van der Waals surface area contributed by atoms with Crippen LogP contribution in [-0.2, 0) is 17.8 Å². The Hall–Kier alpha value is -2.69. The summed E-state index contributed by atoms with van der Waals surface area (Å²) in [5.74, 6) is -0.233. The molecular formula is C23H25FN2O2. The summed E-state index contributed by atoms with van der Waals surface area (Å²) in [4.78, 5) is 26.8. The van der Waals surface area contributed by atoms with Crippen LogP contribution in [0.25, 0.3) is 0 Å². The van der Waals surface area contributed by atoms with Gasteiger partial charge in [0, 0.05) is 30.6 Å². The summed E-state index contributed by atoms with van der Waals surface area (Å²) in [5, 5.41) is 2.98. The van der Waals surface area contributed by atoms with Crippen molar-refractivity contribution in [3.8, 4) is 0 Å². The molecule has 1 N–H and O–H groups in total. The van der Waals surface area contributed by atoms with Gasteiger partial charge in [-0.2, -0.15) is 0 Å². The van der Waals surface area contributed by atoms with Gasteiger partial charge in [-0.1, -0.05) is 30.3 Å². The minimum absolute atomic E-state index is 0.0333. The highest BCUT2D eigenvalue weighted by Crippen LogP contribution is 2.29. The number of carbonyl (C=O) groups excluding carboxylic acids is 2. The van der Waals surface area contributed by atoms with E-state index in [1.807, 2.05) is 29.2 Å². The Bertz CT molecular complexity index is 857. The Morgan fingerprint density at radius 1 is 1.00 bits per heavy atom. The van der Waals surface area contributed by atoms with Crippen LogP contribution in [0.3, 0.4) is 0 Å². The van der Waals surface area contributed by atoms with Crippen LogP contribution < -0.4 is 5.32 Å². The molecule has 0 radical (unpaired) electrons. The Labute approximate surface area is 164 Å². The van der Waals surface area contributed by atoms with Gasteiger partial charge in [-0.15, -0.1) is 0 Å². The molecule has 146 valence electrons. The molecule has 4 rings (SSSR count). The highest BCUT2D eigenvalue weighted by atomic mass is 19.1. The second-order valence-corrected chi connectivity index (χ2v) is 7.79. The van der Waals surface area contributed by atoms with E-state index >= 15 is 0 Å². The average Bonchev–Trinajstić information content (AvgIpc) is 3.60. The Morgan fingerprint density at radius 2 is 1.71 bits per heavy atom. The molecule has 0 bridgehead atoms. The zero-order chi connectivity index (χ0) is 19.5. The first-order valence-electron chi connectivity index (χ1n) is 10.0. The lowest BCUT2D eigenvalue weighted by Gasteiger charge is -2.23. The maximum absolute atomic E-state index is 13.8. The van der Waals surface area contributed by atoms with Gasteiger partial charge >= 0.3 is 0 Å². The fourth-order valence-electron chi connectivity index (χ4n) is 3.35. The number of rotatable bonds is 8. The van der Waals surface area contributed by atoms with Gasteiger partial charge < -0.3 is 10.2 Å². The van der Waals surface area contributed by atoms with Gasteiger partial charge in [-0.05, 0) is 61.4 Å². The average molecular weight is 380 g/mol. The van der Waals surface area contributed by atoms with Gasteiger partial charge in [0.05, 0.1) is 0 Å². The van der Waals surface area contributed by atoms with Gasteiger partial charge in [0.15, 0.2) is 0 Å². The van der Waals surface area contributed by atoms with Crippen molar-refractivity contribution >= 4 is 11.8 Å². The number of nitrogens with zero attached hydrogens (tertiary/aromatic N) is 1. The van der Waals surface area contributed by atoms with E-state index in [1.165, 1.54) is 6.07 Å². The quantitative estimate of drug-likeness (QED) is 0.756. The van der Waals surface area contributed by atoms with Crippen molar-refractivity contribution in [2.45, 2.75) is 57.2 Å². The van der Waals surface area contributed by atoms with Crippen LogP contribution in [-0.4, -0.2) is 28.8 Å². The first-order chi connectivity index (χ1) is 13.6. The summed E-state index contributed by atoms with van der Waals surface area (Å²) in [6, 6.07) is 14.7. The van der Waals surface area contributed by atoms with Crippen LogP contribution >= 0.6 is 0 Å². The summed E-state index contributed by atoms with van der Waals surface area (Å²) in [7, 11) is 0. The summed E-state index contributed by atoms with van der Waals surface area (Å²) in [6.45, 7) is 0.533. The van der Waals surface area contributed by atoms with E-state index in [2.05, 4.69) is 5.32 Å². The van der Waals surface area contributed by atoms with E-state index in [4.69, 9.17) is 0 Å². The molecule has 0 atom stereocenters. The standard InChI is InChI=1S/C23H25FN2O2/c24-21-4-2-1-3-17(21)9-14-22(27)26(20-12-13-20)15-16-5-7-18(8-6-16)23(28)25-19-10-11-19/h1-8,19-20H,9-15H2,(H,25,28). The lowest BCUT2D eigenvalue weighted by atomic mass is 10.1. The number of hydrogen-bond donors (Lipinski definition) is 1. The molecule has 2 aromatic rings. The summed E-state index contributed by atoms with van der Waals surface area (Å²) in [6.07, 6.45) is 4.89. The van der Waals surface area contributed by atoms with Crippen molar-refractivity contribution in [3.05, 3.63) is 71.0 Å². The monoisotopic (exact) mass is 380 g/mol. The van der Waals surface area contributed by atoms with Crippen molar-refractivity contribution in [3.63, 3.8) is 0 Å².